The van der Waals surface area contributed by atoms with Gasteiger partial charge < -0.3 is 9.84 Å². The topological polar surface area (TPSA) is 114 Å². The van der Waals surface area contributed by atoms with Gasteiger partial charge in [-0.2, -0.15) is 4.98 Å². The van der Waals surface area contributed by atoms with Crippen LogP contribution in [0.15, 0.2) is 51.9 Å². The van der Waals surface area contributed by atoms with Gasteiger partial charge in [-0.1, -0.05) is 24.1 Å². The van der Waals surface area contributed by atoms with E-state index in [0.717, 1.165) is 25.0 Å². The summed E-state index contributed by atoms with van der Waals surface area (Å²) in [7, 11) is -3.98. The van der Waals surface area contributed by atoms with Gasteiger partial charge in [0.15, 0.2) is 5.82 Å². The van der Waals surface area contributed by atoms with Crippen LogP contribution < -0.4 is 10.0 Å². The fraction of sp³-hybridized carbons (Fsp3) is 0.318. The van der Waals surface area contributed by atoms with Gasteiger partial charge in [0.05, 0.1) is 4.90 Å². The van der Waals surface area contributed by atoms with Crippen molar-refractivity contribution in [3.05, 3.63) is 71.1 Å². The molecule has 32 heavy (non-hydrogen) atoms. The lowest BCUT2D eigenvalue weighted by atomic mass is 9.95. The van der Waals surface area contributed by atoms with Gasteiger partial charge in [-0.15, -0.1) is 0 Å². The number of amides is 1. The Hall–Kier alpha value is -3.27. The van der Waals surface area contributed by atoms with Crippen molar-refractivity contribution in [2.75, 3.05) is 4.72 Å². The first-order valence-corrected chi connectivity index (χ1v) is 11.7. The van der Waals surface area contributed by atoms with Crippen molar-refractivity contribution < 1.29 is 22.1 Å². The van der Waals surface area contributed by atoms with Crippen LogP contribution in [0.4, 0.5) is 10.1 Å². The molecule has 2 N–H and O–H groups in total. The van der Waals surface area contributed by atoms with Gasteiger partial charge in [0.25, 0.3) is 15.9 Å². The molecule has 0 aliphatic heterocycles. The molecule has 8 nitrogen and oxygen atoms in total. The van der Waals surface area contributed by atoms with Gasteiger partial charge in [0.1, 0.15) is 11.4 Å². The summed E-state index contributed by atoms with van der Waals surface area (Å²) in [5.74, 6) is -0.0394. The summed E-state index contributed by atoms with van der Waals surface area (Å²) >= 11 is 0. The van der Waals surface area contributed by atoms with Crippen molar-refractivity contribution in [3.63, 3.8) is 0 Å². The maximum atomic E-state index is 13.2. The molecule has 0 atom stereocenters. The highest BCUT2D eigenvalue weighted by Crippen LogP contribution is 2.37. The first-order chi connectivity index (χ1) is 15.2. The Balaban J connectivity index is 1.62. The molecule has 4 rings (SSSR count). The van der Waals surface area contributed by atoms with E-state index in [1.807, 2.05) is 0 Å². The van der Waals surface area contributed by atoms with Gasteiger partial charge in [-0.3, -0.25) is 9.52 Å². The molecule has 1 saturated carbocycles. The van der Waals surface area contributed by atoms with Crippen LogP contribution in [0.25, 0.3) is 0 Å². The van der Waals surface area contributed by atoms with Crippen molar-refractivity contribution in [1.29, 1.82) is 0 Å². The van der Waals surface area contributed by atoms with E-state index in [9.17, 15) is 17.6 Å². The number of nitrogens with one attached hydrogen (secondary N) is 2. The van der Waals surface area contributed by atoms with E-state index in [1.165, 1.54) is 24.3 Å². The summed E-state index contributed by atoms with van der Waals surface area (Å²) in [5.41, 5.74) is 0.331. The van der Waals surface area contributed by atoms with E-state index < -0.39 is 27.3 Å². The Morgan fingerprint density at radius 1 is 1.09 bits per heavy atom. The zero-order valence-corrected chi connectivity index (χ0v) is 18.5. The largest absolute Gasteiger partial charge is 0.340 e. The molecule has 0 radical (unpaired) electrons. The predicted molar refractivity (Wildman–Crippen MR) is 115 cm³/mol. The zero-order valence-electron chi connectivity index (χ0n) is 17.7. The third-order valence-electron chi connectivity index (χ3n) is 5.63. The number of hydrogen-bond acceptors (Lipinski definition) is 6. The van der Waals surface area contributed by atoms with Gasteiger partial charge in [-0.25, -0.2) is 12.8 Å². The van der Waals surface area contributed by atoms with E-state index in [1.54, 1.807) is 19.9 Å². The molecular formula is C22H23FN4O4S. The lowest BCUT2D eigenvalue weighted by Crippen LogP contribution is -2.45. The van der Waals surface area contributed by atoms with E-state index in [4.69, 9.17) is 4.52 Å². The SMILES string of the molecule is Cc1nc(C2(NC(=O)c3cc(S(=O)(=O)Nc4ccc(F)cc4)ccc3C)CCCC2)no1. The molecule has 0 bridgehead atoms. The van der Waals surface area contributed by atoms with Crippen LogP contribution in [0, 0.1) is 19.7 Å². The monoisotopic (exact) mass is 458 g/mol. The number of hydrogen-bond donors (Lipinski definition) is 2. The molecular weight excluding hydrogens is 435 g/mol. The maximum Gasteiger partial charge on any atom is 0.261 e. The fourth-order valence-corrected chi connectivity index (χ4v) is 4.99. The van der Waals surface area contributed by atoms with Crippen molar-refractivity contribution >= 4 is 21.6 Å². The molecule has 10 heteroatoms. The van der Waals surface area contributed by atoms with Gasteiger partial charge in [0, 0.05) is 18.2 Å². The standard InChI is InChI=1S/C22H23FN4O4S/c1-14-5-10-18(32(29,30)27-17-8-6-16(23)7-9-17)13-19(14)20(28)25-22(11-3-4-12-22)21-24-15(2)31-26-21/h5-10,13,27H,3-4,11-12H2,1-2H3,(H,25,28). The summed E-state index contributed by atoms with van der Waals surface area (Å²) in [5, 5.41) is 7.05. The van der Waals surface area contributed by atoms with Crippen molar-refractivity contribution in [2.45, 2.75) is 50.0 Å². The number of carbonyl (C=O) groups is 1. The molecule has 1 aliphatic carbocycles. The summed E-state index contributed by atoms with van der Waals surface area (Å²) in [6.07, 6.45) is 3.15. The molecule has 1 amide bonds. The number of sulfonamides is 1. The third-order valence-corrected chi connectivity index (χ3v) is 7.00. The second kappa shape index (κ2) is 8.34. The van der Waals surface area contributed by atoms with E-state index >= 15 is 0 Å². The minimum Gasteiger partial charge on any atom is -0.340 e. The molecule has 0 unspecified atom stereocenters. The summed E-state index contributed by atoms with van der Waals surface area (Å²) < 4.78 is 46.3. The van der Waals surface area contributed by atoms with Crippen LogP contribution in [0.1, 0.15) is 53.3 Å². The minimum absolute atomic E-state index is 0.0755. The number of aromatic nitrogens is 2. The Bertz CT molecular complexity index is 1250. The van der Waals surface area contributed by atoms with E-state index in [0.29, 0.717) is 30.1 Å². The van der Waals surface area contributed by atoms with Gasteiger partial charge in [0.2, 0.25) is 5.89 Å². The zero-order chi connectivity index (χ0) is 22.9. The highest BCUT2D eigenvalue weighted by atomic mass is 32.2. The smallest absolute Gasteiger partial charge is 0.261 e. The maximum absolute atomic E-state index is 13.2. The molecule has 1 aromatic heterocycles. The summed E-state index contributed by atoms with van der Waals surface area (Å²) in [4.78, 5) is 17.5. The third kappa shape index (κ3) is 4.36. The van der Waals surface area contributed by atoms with E-state index in [2.05, 4.69) is 20.2 Å². The van der Waals surface area contributed by atoms with Crippen LogP contribution >= 0.6 is 0 Å². The van der Waals surface area contributed by atoms with Crippen LogP contribution in [0.2, 0.25) is 0 Å². The van der Waals surface area contributed by atoms with Crippen LogP contribution in [-0.2, 0) is 15.6 Å². The van der Waals surface area contributed by atoms with Crippen LogP contribution in [-0.4, -0.2) is 24.5 Å². The highest BCUT2D eigenvalue weighted by Gasteiger charge is 2.41. The molecule has 1 heterocycles. The molecule has 168 valence electrons. The van der Waals surface area contributed by atoms with E-state index in [-0.39, 0.29) is 16.1 Å². The lowest BCUT2D eigenvalue weighted by molar-refractivity contribution is 0.0891. The minimum atomic E-state index is -3.98. The molecule has 0 saturated heterocycles. The van der Waals surface area contributed by atoms with Crippen molar-refractivity contribution in [3.8, 4) is 0 Å². The Morgan fingerprint density at radius 3 is 2.41 bits per heavy atom. The lowest BCUT2D eigenvalue weighted by Gasteiger charge is -2.27. The van der Waals surface area contributed by atoms with Crippen molar-refractivity contribution in [2.24, 2.45) is 0 Å². The Morgan fingerprint density at radius 2 is 1.78 bits per heavy atom. The molecule has 1 fully saturated rings. The molecule has 0 spiro atoms. The number of anilines is 1. The quantitative estimate of drug-likeness (QED) is 0.580. The summed E-state index contributed by atoms with van der Waals surface area (Å²) in [6, 6.07) is 9.30. The first kappa shape index (κ1) is 21.9. The normalized spacial score (nSPS) is 15.5. The molecule has 2 aromatic carbocycles. The van der Waals surface area contributed by atoms with Crippen LogP contribution in [0.5, 0.6) is 0 Å². The number of aryl methyl sites for hydroxylation is 2. The van der Waals surface area contributed by atoms with Gasteiger partial charge in [-0.05, 0) is 61.7 Å². The fourth-order valence-electron chi connectivity index (χ4n) is 3.91. The number of nitrogens with zero attached hydrogens (tertiary/aromatic N) is 2. The molecule has 3 aromatic rings. The second-order valence-corrected chi connectivity index (χ2v) is 9.65. The average Bonchev–Trinajstić information content (AvgIpc) is 3.39. The second-order valence-electron chi connectivity index (χ2n) is 7.97. The molecule has 1 aliphatic rings. The predicted octanol–water partition coefficient (Wildman–Crippen LogP) is 3.83. The Kier molecular flexibility index (Phi) is 5.72. The summed E-state index contributed by atoms with van der Waals surface area (Å²) in [6.45, 7) is 3.42. The first-order valence-electron chi connectivity index (χ1n) is 10.2. The Labute approximate surface area is 185 Å². The highest BCUT2D eigenvalue weighted by molar-refractivity contribution is 7.92. The van der Waals surface area contributed by atoms with Gasteiger partial charge >= 0.3 is 0 Å². The number of carbonyl (C=O) groups excluding carboxylic acids is 1. The number of rotatable bonds is 6. The average molecular weight is 459 g/mol. The number of halogens is 1. The van der Waals surface area contributed by atoms with Crippen LogP contribution in [0.3, 0.4) is 0 Å². The van der Waals surface area contributed by atoms with Crippen molar-refractivity contribution in [1.82, 2.24) is 15.5 Å². The number of benzene rings is 2.